The zero-order valence-electron chi connectivity index (χ0n) is 19.9. The second-order valence-corrected chi connectivity index (χ2v) is 11.0. The van der Waals surface area contributed by atoms with Crippen LogP contribution >= 0.6 is 0 Å². The van der Waals surface area contributed by atoms with Crippen LogP contribution in [-0.2, 0) is 17.8 Å². The highest BCUT2D eigenvalue weighted by molar-refractivity contribution is 7.90. The van der Waals surface area contributed by atoms with E-state index in [2.05, 4.69) is 20.8 Å². The molecule has 8 heteroatoms. The number of anilines is 1. The maximum Gasteiger partial charge on any atom is 0.167 e. The lowest BCUT2D eigenvalue weighted by Crippen LogP contribution is -2.35. The summed E-state index contributed by atoms with van der Waals surface area (Å²) in [5.41, 5.74) is 4.32. The quantitative estimate of drug-likeness (QED) is 0.353. The summed E-state index contributed by atoms with van der Waals surface area (Å²) in [5, 5.41) is 15.2. The lowest BCUT2D eigenvalue weighted by Gasteiger charge is -2.24. The molecule has 0 amide bonds. The fourth-order valence-corrected chi connectivity index (χ4v) is 5.27. The molecule has 182 valence electrons. The Morgan fingerprint density at radius 2 is 1.91 bits per heavy atom. The van der Waals surface area contributed by atoms with E-state index in [1.165, 1.54) is 0 Å². The Morgan fingerprint density at radius 1 is 1.11 bits per heavy atom. The lowest BCUT2D eigenvalue weighted by molar-refractivity contribution is 0.198. The largest absolute Gasteiger partial charge is 0.598 e. The van der Waals surface area contributed by atoms with E-state index in [-0.39, 0.29) is 17.4 Å². The number of aromatic nitrogens is 2. The van der Waals surface area contributed by atoms with Crippen LogP contribution in [0.4, 0.5) is 5.82 Å². The van der Waals surface area contributed by atoms with Crippen molar-refractivity contribution in [1.82, 2.24) is 14.9 Å². The fraction of sp³-hybridized carbons (Fsp3) is 0.333. The molecule has 2 aromatic carbocycles. The molecule has 35 heavy (non-hydrogen) atoms. The first kappa shape index (κ1) is 23.8. The van der Waals surface area contributed by atoms with Gasteiger partial charge in [0.05, 0.1) is 12.1 Å². The summed E-state index contributed by atoms with van der Waals surface area (Å²) in [4.78, 5) is 7.00. The van der Waals surface area contributed by atoms with Gasteiger partial charge in [-0.05, 0) is 50.1 Å². The average Bonchev–Trinajstić information content (AvgIpc) is 3.50. The second kappa shape index (κ2) is 10.4. The topological polar surface area (TPSA) is 97.5 Å². The number of rotatable bonds is 8. The Balaban J connectivity index is 1.51. The summed E-state index contributed by atoms with van der Waals surface area (Å²) in [7, 11) is 0. The average molecular weight is 491 g/mol. The SMILES string of the molecule is CC(C)[S@+]([O-])NC(Cc1cccc(N2CC[C@@H](O)C2)n1)c1ccccc1-c1noc2ccccc12. The molecule has 0 bridgehead atoms. The van der Waals surface area contributed by atoms with Crippen LogP contribution in [0.15, 0.2) is 71.3 Å². The molecule has 1 saturated heterocycles. The van der Waals surface area contributed by atoms with E-state index in [9.17, 15) is 9.66 Å². The van der Waals surface area contributed by atoms with Crippen molar-refractivity contribution in [3.8, 4) is 11.3 Å². The number of hydrogen-bond acceptors (Lipinski definition) is 7. The van der Waals surface area contributed by atoms with Gasteiger partial charge in [-0.3, -0.25) is 0 Å². The van der Waals surface area contributed by atoms with Crippen LogP contribution in [0.25, 0.3) is 22.2 Å². The minimum absolute atomic E-state index is 0.0390. The van der Waals surface area contributed by atoms with E-state index < -0.39 is 11.4 Å². The smallest absolute Gasteiger partial charge is 0.167 e. The predicted molar refractivity (Wildman–Crippen MR) is 139 cm³/mol. The van der Waals surface area contributed by atoms with Crippen molar-refractivity contribution in [2.75, 3.05) is 18.0 Å². The molecule has 4 aromatic rings. The summed E-state index contributed by atoms with van der Waals surface area (Å²) in [6.45, 7) is 5.26. The maximum atomic E-state index is 12.9. The molecule has 3 atom stereocenters. The number of β-amino-alcohol motifs (C(OH)–C–C–N with tert-alkyl or cyclic N) is 1. The van der Waals surface area contributed by atoms with Crippen molar-refractivity contribution in [3.63, 3.8) is 0 Å². The first-order valence-corrected chi connectivity index (χ1v) is 13.2. The number of para-hydroxylation sites is 1. The van der Waals surface area contributed by atoms with Gasteiger partial charge in [0.25, 0.3) is 0 Å². The molecule has 1 aliphatic heterocycles. The van der Waals surface area contributed by atoms with Gasteiger partial charge in [-0.2, -0.15) is 0 Å². The van der Waals surface area contributed by atoms with Crippen LogP contribution in [0.1, 0.15) is 37.6 Å². The van der Waals surface area contributed by atoms with Crippen molar-refractivity contribution in [3.05, 3.63) is 78.0 Å². The van der Waals surface area contributed by atoms with E-state index in [0.29, 0.717) is 13.0 Å². The van der Waals surface area contributed by atoms with Gasteiger partial charge in [-0.1, -0.05) is 47.6 Å². The number of hydrogen-bond donors (Lipinski definition) is 2. The predicted octanol–water partition coefficient (Wildman–Crippen LogP) is 4.41. The van der Waals surface area contributed by atoms with Gasteiger partial charge in [-0.15, -0.1) is 4.72 Å². The Bertz CT molecular complexity index is 1290. The number of fused-ring (bicyclic) bond motifs is 1. The van der Waals surface area contributed by atoms with Crippen molar-refractivity contribution >= 4 is 28.1 Å². The Hall–Kier alpha value is -2.91. The molecule has 5 rings (SSSR count). The molecule has 0 aliphatic carbocycles. The molecular weight excluding hydrogens is 460 g/mol. The highest BCUT2D eigenvalue weighted by Crippen LogP contribution is 2.34. The molecule has 7 nitrogen and oxygen atoms in total. The monoisotopic (exact) mass is 490 g/mol. The molecule has 0 radical (unpaired) electrons. The first-order chi connectivity index (χ1) is 17.0. The highest BCUT2D eigenvalue weighted by atomic mass is 32.2. The standard InChI is InChI=1S/C27H30N4O3S/c1-18(2)35(33)30-24(16-19-8-7-13-26(28-19)31-15-14-20(32)17-31)21-9-3-4-10-22(21)27-23-11-5-6-12-25(23)34-29-27/h3-13,18,20,24,30,32H,14-17H2,1-2H3/t20-,24?,35+/m1/s1. The van der Waals surface area contributed by atoms with Gasteiger partial charge >= 0.3 is 0 Å². The summed E-state index contributed by atoms with van der Waals surface area (Å²) >= 11 is -1.24. The van der Waals surface area contributed by atoms with Crippen LogP contribution in [0.2, 0.25) is 0 Å². The third-order valence-corrected chi connectivity index (χ3v) is 7.72. The van der Waals surface area contributed by atoms with Crippen LogP contribution in [0.5, 0.6) is 0 Å². The minimum Gasteiger partial charge on any atom is -0.598 e. The molecule has 2 aromatic heterocycles. The van der Waals surface area contributed by atoms with Crippen LogP contribution in [-0.4, -0.2) is 44.2 Å². The van der Waals surface area contributed by atoms with Crippen LogP contribution < -0.4 is 9.62 Å². The van der Waals surface area contributed by atoms with E-state index >= 15 is 0 Å². The summed E-state index contributed by atoms with van der Waals surface area (Å²) in [6.07, 6.45) is 0.991. The third-order valence-electron chi connectivity index (χ3n) is 6.35. The van der Waals surface area contributed by atoms with Crippen molar-refractivity contribution in [2.45, 2.75) is 44.1 Å². The van der Waals surface area contributed by atoms with Crippen LogP contribution in [0.3, 0.4) is 0 Å². The zero-order valence-corrected chi connectivity index (χ0v) is 20.7. The number of nitrogens with zero attached hydrogens (tertiary/aromatic N) is 3. The van der Waals surface area contributed by atoms with Crippen molar-refractivity contribution in [1.29, 1.82) is 0 Å². The van der Waals surface area contributed by atoms with E-state index in [4.69, 9.17) is 9.51 Å². The highest BCUT2D eigenvalue weighted by Gasteiger charge is 2.27. The Morgan fingerprint density at radius 3 is 2.71 bits per heavy atom. The third kappa shape index (κ3) is 5.21. The molecule has 0 saturated carbocycles. The minimum atomic E-state index is -1.24. The molecule has 2 N–H and O–H groups in total. The van der Waals surface area contributed by atoms with Gasteiger partial charge in [0.15, 0.2) is 5.58 Å². The van der Waals surface area contributed by atoms with Gasteiger partial charge in [0, 0.05) is 47.5 Å². The fourth-order valence-electron chi connectivity index (χ4n) is 4.50. The van der Waals surface area contributed by atoms with Gasteiger partial charge in [-0.25, -0.2) is 4.98 Å². The summed E-state index contributed by atoms with van der Waals surface area (Å²) in [5.74, 6) is 0.860. The first-order valence-electron chi connectivity index (χ1n) is 12.0. The number of pyridine rings is 1. The molecule has 1 unspecified atom stereocenters. The van der Waals surface area contributed by atoms with Gasteiger partial charge in [0.1, 0.15) is 16.8 Å². The Kier molecular flexibility index (Phi) is 7.06. The zero-order chi connectivity index (χ0) is 24.4. The molecule has 1 aliphatic rings. The number of benzene rings is 2. The maximum absolute atomic E-state index is 12.9. The normalized spacial score (nSPS) is 17.9. The molecule has 1 fully saturated rings. The van der Waals surface area contributed by atoms with Crippen LogP contribution in [0, 0.1) is 0 Å². The van der Waals surface area contributed by atoms with Gasteiger partial charge < -0.3 is 19.1 Å². The van der Waals surface area contributed by atoms with E-state index in [0.717, 1.165) is 52.3 Å². The number of aliphatic hydroxyl groups is 1. The van der Waals surface area contributed by atoms with E-state index in [1.54, 1.807) is 0 Å². The molecular formula is C27H30N4O3S. The molecule has 3 heterocycles. The van der Waals surface area contributed by atoms with Crippen molar-refractivity contribution in [2.24, 2.45) is 0 Å². The second-order valence-electron chi connectivity index (χ2n) is 9.21. The lowest BCUT2D eigenvalue weighted by atomic mass is 9.94. The summed E-state index contributed by atoms with van der Waals surface area (Å²) in [6, 6.07) is 21.6. The van der Waals surface area contributed by atoms with E-state index in [1.807, 2.05) is 74.5 Å². The van der Waals surface area contributed by atoms with Gasteiger partial charge in [0.2, 0.25) is 0 Å². The van der Waals surface area contributed by atoms with Crippen molar-refractivity contribution < 1.29 is 14.2 Å². The molecule has 0 spiro atoms. The number of aliphatic hydroxyl groups excluding tert-OH is 1. The Labute approximate surface area is 208 Å². The number of nitrogens with one attached hydrogen (secondary N) is 1. The summed E-state index contributed by atoms with van der Waals surface area (Å²) < 4.78 is 21.9.